The van der Waals surface area contributed by atoms with Crippen molar-refractivity contribution in [2.24, 2.45) is 11.7 Å². The molecule has 0 aliphatic heterocycles. The van der Waals surface area contributed by atoms with Crippen LogP contribution >= 0.6 is 0 Å². The number of nitro benzene ring substituents is 1. The highest BCUT2D eigenvalue weighted by Crippen LogP contribution is 2.35. The van der Waals surface area contributed by atoms with Crippen LogP contribution in [0.1, 0.15) is 23.2 Å². The third-order valence-electron chi connectivity index (χ3n) is 3.63. The normalized spacial score (nSPS) is 20.5. The average Bonchev–Trinajstić information content (AvgIpc) is 2.40. The molecule has 0 bridgehead atoms. The Kier molecular flexibility index (Phi) is 4.42. The van der Waals surface area contributed by atoms with Crippen molar-refractivity contribution in [3.63, 3.8) is 0 Å². The first-order valence-electron chi connectivity index (χ1n) is 6.79. The van der Waals surface area contributed by atoms with Gasteiger partial charge in [0, 0.05) is 31.8 Å². The van der Waals surface area contributed by atoms with Gasteiger partial charge in [-0.3, -0.25) is 14.9 Å². The summed E-state index contributed by atoms with van der Waals surface area (Å²) in [5.41, 5.74) is 5.80. The van der Waals surface area contributed by atoms with Gasteiger partial charge in [0.25, 0.3) is 5.91 Å². The van der Waals surface area contributed by atoms with Gasteiger partial charge in [-0.15, -0.1) is 0 Å². The first-order chi connectivity index (χ1) is 9.92. The third-order valence-corrected chi connectivity index (χ3v) is 3.63. The van der Waals surface area contributed by atoms with Gasteiger partial charge >= 0.3 is 5.69 Å². The molecule has 7 heteroatoms. The molecular formula is C14H19N3O4. The summed E-state index contributed by atoms with van der Waals surface area (Å²) in [6.45, 7) is 0.598. The Morgan fingerprint density at radius 2 is 2.14 bits per heavy atom. The zero-order valence-corrected chi connectivity index (χ0v) is 12.1. The van der Waals surface area contributed by atoms with Gasteiger partial charge in [0.15, 0.2) is 5.75 Å². The standard InChI is InChI=1S/C14H19N3O4/c1-16(2)14(18)10-3-4-12(17(19)20)13(7-10)21-11-5-9(6-11)8-15/h3-4,7,9,11H,5-6,8,15H2,1-2H3. The Morgan fingerprint density at radius 1 is 1.48 bits per heavy atom. The van der Waals surface area contributed by atoms with Gasteiger partial charge in [0.05, 0.1) is 11.0 Å². The lowest BCUT2D eigenvalue weighted by atomic mass is 9.82. The summed E-state index contributed by atoms with van der Waals surface area (Å²) in [7, 11) is 3.25. The van der Waals surface area contributed by atoms with Crippen molar-refractivity contribution in [3.05, 3.63) is 33.9 Å². The number of nitrogens with zero attached hydrogens (tertiary/aromatic N) is 2. The molecule has 1 fully saturated rings. The first kappa shape index (κ1) is 15.2. The third kappa shape index (κ3) is 3.30. The molecule has 1 amide bonds. The van der Waals surface area contributed by atoms with Crippen LogP contribution in [0.4, 0.5) is 5.69 Å². The number of nitro groups is 1. The van der Waals surface area contributed by atoms with Crippen LogP contribution in [-0.2, 0) is 0 Å². The molecular weight excluding hydrogens is 274 g/mol. The van der Waals surface area contributed by atoms with Gasteiger partial charge in [-0.25, -0.2) is 0 Å². The Hall–Kier alpha value is -2.15. The minimum absolute atomic E-state index is 0.0676. The van der Waals surface area contributed by atoms with Crippen molar-refractivity contribution in [2.75, 3.05) is 20.6 Å². The Balaban J connectivity index is 2.21. The smallest absolute Gasteiger partial charge is 0.310 e. The minimum Gasteiger partial charge on any atom is -0.483 e. The fourth-order valence-corrected chi connectivity index (χ4v) is 2.29. The zero-order chi connectivity index (χ0) is 15.6. The van der Waals surface area contributed by atoms with Crippen LogP contribution in [-0.4, -0.2) is 42.5 Å². The van der Waals surface area contributed by atoms with Crippen molar-refractivity contribution in [1.29, 1.82) is 0 Å². The molecule has 0 heterocycles. The number of nitrogens with two attached hydrogens (primary N) is 1. The maximum absolute atomic E-state index is 11.9. The lowest BCUT2D eigenvalue weighted by molar-refractivity contribution is -0.386. The quantitative estimate of drug-likeness (QED) is 0.653. The van der Waals surface area contributed by atoms with Gasteiger partial charge in [0.2, 0.25) is 0 Å². The molecule has 0 radical (unpaired) electrons. The topological polar surface area (TPSA) is 98.7 Å². The first-order valence-corrected chi connectivity index (χ1v) is 6.79. The largest absolute Gasteiger partial charge is 0.483 e. The molecule has 1 aliphatic rings. The number of ether oxygens (including phenoxy) is 1. The molecule has 1 aromatic carbocycles. The highest BCUT2D eigenvalue weighted by atomic mass is 16.6. The SMILES string of the molecule is CN(C)C(=O)c1ccc([N+](=O)[O-])c(OC2CC(CN)C2)c1. The van der Waals surface area contributed by atoms with E-state index >= 15 is 0 Å². The van der Waals surface area contributed by atoms with Crippen LogP contribution in [0.2, 0.25) is 0 Å². The molecule has 2 rings (SSSR count). The van der Waals surface area contributed by atoms with E-state index in [2.05, 4.69) is 0 Å². The van der Waals surface area contributed by atoms with Crippen LogP contribution in [0.3, 0.4) is 0 Å². The van der Waals surface area contributed by atoms with E-state index in [9.17, 15) is 14.9 Å². The molecule has 0 aromatic heterocycles. The fourth-order valence-electron chi connectivity index (χ4n) is 2.29. The molecule has 7 nitrogen and oxygen atoms in total. The summed E-state index contributed by atoms with van der Waals surface area (Å²) in [4.78, 5) is 23.9. The van der Waals surface area contributed by atoms with Crippen molar-refractivity contribution in [1.82, 2.24) is 4.90 Å². The summed E-state index contributed by atoms with van der Waals surface area (Å²) in [5.74, 6) is 0.344. The summed E-state index contributed by atoms with van der Waals surface area (Å²) >= 11 is 0. The molecule has 0 unspecified atom stereocenters. The number of benzene rings is 1. The fraction of sp³-hybridized carbons (Fsp3) is 0.500. The number of carbonyl (C=O) groups excluding carboxylic acids is 1. The van der Waals surface area contributed by atoms with Crippen molar-refractivity contribution < 1.29 is 14.5 Å². The number of rotatable bonds is 5. The summed E-state index contributed by atoms with van der Waals surface area (Å²) in [6, 6.07) is 4.19. The van der Waals surface area contributed by atoms with Crippen LogP contribution in [0, 0.1) is 16.0 Å². The molecule has 1 aromatic rings. The molecule has 0 saturated heterocycles. The average molecular weight is 293 g/mol. The molecule has 1 saturated carbocycles. The van der Waals surface area contributed by atoms with E-state index < -0.39 is 4.92 Å². The summed E-state index contributed by atoms with van der Waals surface area (Å²) in [6.07, 6.45) is 1.51. The highest BCUT2D eigenvalue weighted by Gasteiger charge is 2.31. The van der Waals surface area contributed by atoms with E-state index in [0.29, 0.717) is 18.0 Å². The second-order valence-corrected chi connectivity index (χ2v) is 5.45. The van der Waals surface area contributed by atoms with Crippen LogP contribution in [0.25, 0.3) is 0 Å². The monoisotopic (exact) mass is 293 g/mol. The Bertz CT molecular complexity index is 553. The second-order valence-electron chi connectivity index (χ2n) is 5.45. The van der Waals surface area contributed by atoms with Gasteiger partial charge in [-0.1, -0.05) is 0 Å². The minimum atomic E-state index is -0.502. The van der Waals surface area contributed by atoms with Gasteiger partial charge in [-0.2, -0.15) is 0 Å². The maximum Gasteiger partial charge on any atom is 0.310 e. The predicted octanol–water partition coefficient (Wildman–Crippen LogP) is 1.41. The van der Waals surface area contributed by atoms with E-state index in [1.807, 2.05) is 0 Å². The number of amides is 1. The van der Waals surface area contributed by atoms with Crippen molar-refractivity contribution in [3.8, 4) is 5.75 Å². The predicted molar refractivity (Wildman–Crippen MR) is 77.3 cm³/mol. The second kappa shape index (κ2) is 6.09. The van der Waals surface area contributed by atoms with E-state index in [1.54, 1.807) is 14.1 Å². The molecule has 114 valence electrons. The summed E-state index contributed by atoms with van der Waals surface area (Å²) in [5, 5.41) is 11.1. The number of hydrogen-bond donors (Lipinski definition) is 1. The molecule has 21 heavy (non-hydrogen) atoms. The zero-order valence-electron chi connectivity index (χ0n) is 12.1. The van der Waals surface area contributed by atoms with E-state index in [1.165, 1.54) is 23.1 Å². The van der Waals surface area contributed by atoms with Gasteiger partial charge in [0.1, 0.15) is 0 Å². The van der Waals surface area contributed by atoms with Crippen LogP contribution in [0.15, 0.2) is 18.2 Å². The van der Waals surface area contributed by atoms with Gasteiger partial charge < -0.3 is 15.4 Å². The molecule has 2 N–H and O–H groups in total. The summed E-state index contributed by atoms with van der Waals surface area (Å²) < 4.78 is 5.68. The van der Waals surface area contributed by atoms with Gasteiger partial charge in [-0.05, 0) is 31.4 Å². The highest BCUT2D eigenvalue weighted by molar-refractivity contribution is 5.94. The lowest BCUT2D eigenvalue weighted by Crippen LogP contribution is -2.37. The van der Waals surface area contributed by atoms with Crippen LogP contribution in [0.5, 0.6) is 5.75 Å². The van der Waals surface area contributed by atoms with E-state index in [0.717, 1.165) is 12.8 Å². The number of carbonyl (C=O) groups is 1. The number of hydrogen-bond acceptors (Lipinski definition) is 5. The van der Waals surface area contributed by atoms with Crippen molar-refractivity contribution in [2.45, 2.75) is 18.9 Å². The van der Waals surface area contributed by atoms with E-state index in [4.69, 9.17) is 10.5 Å². The Morgan fingerprint density at radius 3 is 2.67 bits per heavy atom. The van der Waals surface area contributed by atoms with Crippen molar-refractivity contribution >= 4 is 11.6 Å². The molecule has 1 aliphatic carbocycles. The van der Waals surface area contributed by atoms with E-state index in [-0.39, 0.29) is 23.4 Å². The maximum atomic E-state index is 11.9. The van der Waals surface area contributed by atoms with Crippen LogP contribution < -0.4 is 10.5 Å². The lowest BCUT2D eigenvalue weighted by Gasteiger charge is -2.34. The Labute approximate surface area is 122 Å². The molecule has 0 spiro atoms. The molecule has 0 atom stereocenters.